The van der Waals surface area contributed by atoms with Crippen molar-refractivity contribution in [2.75, 3.05) is 19.8 Å². The third-order valence-corrected chi connectivity index (χ3v) is 4.86. The van der Waals surface area contributed by atoms with Crippen LogP contribution < -0.4 is 5.32 Å². The summed E-state index contributed by atoms with van der Waals surface area (Å²) in [5.41, 5.74) is -0.839. The molecule has 0 aromatic carbocycles. The highest BCUT2D eigenvalue weighted by molar-refractivity contribution is 5.78. The molecule has 1 amide bonds. The van der Waals surface area contributed by atoms with Gasteiger partial charge in [0.15, 0.2) is 0 Å². The number of hydrogen-bond donors (Lipinski definition) is 2. The van der Waals surface area contributed by atoms with Crippen molar-refractivity contribution in [2.24, 2.45) is 11.8 Å². The molecule has 1 saturated carbocycles. The molecule has 0 radical (unpaired) electrons. The first-order valence-corrected chi connectivity index (χ1v) is 8.21. The topological polar surface area (TPSA) is 58.6 Å². The fraction of sp³-hybridized carbons (Fsp3) is 0.938. The average molecular weight is 283 g/mol. The van der Waals surface area contributed by atoms with E-state index in [0.29, 0.717) is 26.2 Å². The van der Waals surface area contributed by atoms with Gasteiger partial charge in [-0.15, -0.1) is 0 Å². The Balaban J connectivity index is 1.66. The Morgan fingerprint density at radius 3 is 2.70 bits per heavy atom. The van der Waals surface area contributed by atoms with Gasteiger partial charge >= 0.3 is 0 Å². The van der Waals surface area contributed by atoms with E-state index < -0.39 is 5.60 Å². The number of aliphatic hydroxyl groups is 1. The van der Waals surface area contributed by atoms with E-state index in [9.17, 15) is 9.90 Å². The van der Waals surface area contributed by atoms with Crippen molar-refractivity contribution >= 4 is 5.91 Å². The lowest BCUT2D eigenvalue weighted by Gasteiger charge is -2.29. The van der Waals surface area contributed by atoms with E-state index in [0.717, 1.165) is 18.8 Å². The van der Waals surface area contributed by atoms with Gasteiger partial charge in [0, 0.05) is 25.5 Å². The van der Waals surface area contributed by atoms with E-state index in [1.165, 1.54) is 32.1 Å². The highest BCUT2D eigenvalue weighted by atomic mass is 16.5. The molecule has 1 unspecified atom stereocenters. The Morgan fingerprint density at radius 2 is 2.10 bits per heavy atom. The van der Waals surface area contributed by atoms with Crippen molar-refractivity contribution in [2.45, 2.75) is 63.9 Å². The van der Waals surface area contributed by atoms with E-state index in [1.807, 2.05) is 0 Å². The number of carbonyl (C=O) groups excluding carboxylic acids is 1. The molecule has 1 heterocycles. The fourth-order valence-electron chi connectivity index (χ4n) is 3.34. The van der Waals surface area contributed by atoms with Crippen LogP contribution in [0.3, 0.4) is 0 Å². The Morgan fingerprint density at radius 1 is 1.35 bits per heavy atom. The molecule has 2 N–H and O–H groups in total. The van der Waals surface area contributed by atoms with Crippen LogP contribution in [0.15, 0.2) is 0 Å². The maximum Gasteiger partial charge on any atom is 0.223 e. The quantitative estimate of drug-likeness (QED) is 0.786. The number of nitrogens with one attached hydrogen (secondary N) is 1. The van der Waals surface area contributed by atoms with Gasteiger partial charge in [-0.25, -0.2) is 0 Å². The summed E-state index contributed by atoms with van der Waals surface area (Å²) in [6.07, 6.45) is 8.91. The second kappa shape index (κ2) is 7.41. The van der Waals surface area contributed by atoms with Gasteiger partial charge in [0.25, 0.3) is 0 Å². The van der Waals surface area contributed by atoms with Crippen LogP contribution in [0.1, 0.15) is 58.3 Å². The van der Waals surface area contributed by atoms with Crippen LogP contribution in [0.2, 0.25) is 0 Å². The zero-order valence-corrected chi connectivity index (χ0v) is 12.7. The minimum absolute atomic E-state index is 0.124. The predicted octanol–water partition coefficient (Wildman–Crippen LogP) is 2.25. The minimum atomic E-state index is -0.839. The standard InChI is InChI=1S/C16H29NO3/c1-2-3-4-13-5-7-14(8-6-13)15(18)17-11-16(19)9-10-20-12-16/h13-14,19H,2-12H2,1H3,(H,17,18). The highest BCUT2D eigenvalue weighted by Gasteiger charge is 2.34. The molecule has 20 heavy (non-hydrogen) atoms. The van der Waals surface area contributed by atoms with Crippen LogP contribution in [-0.4, -0.2) is 36.4 Å². The van der Waals surface area contributed by atoms with Gasteiger partial charge in [0.1, 0.15) is 5.60 Å². The lowest BCUT2D eigenvalue weighted by Crippen LogP contribution is -2.45. The van der Waals surface area contributed by atoms with E-state index in [2.05, 4.69) is 12.2 Å². The first-order valence-electron chi connectivity index (χ1n) is 8.21. The first kappa shape index (κ1) is 15.8. The van der Waals surface area contributed by atoms with E-state index in [1.54, 1.807) is 0 Å². The van der Waals surface area contributed by atoms with Crippen LogP contribution in [0.5, 0.6) is 0 Å². The van der Waals surface area contributed by atoms with Gasteiger partial charge in [-0.1, -0.05) is 26.2 Å². The van der Waals surface area contributed by atoms with Crippen molar-refractivity contribution in [3.63, 3.8) is 0 Å². The zero-order valence-electron chi connectivity index (χ0n) is 12.7. The molecule has 2 aliphatic rings. The number of amides is 1. The monoisotopic (exact) mass is 283 g/mol. The number of carbonyl (C=O) groups is 1. The number of unbranched alkanes of at least 4 members (excludes halogenated alkanes) is 1. The maximum atomic E-state index is 12.2. The third kappa shape index (κ3) is 4.45. The zero-order chi connectivity index (χ0) is 14.4. The Kier molecular flexibility index (Phi) is 5.85. The summed E-state index contributed by atoms with van der Waals surface area (Å²) in [5.74, 6) is 1.10. The number of rotatable bonds is 6. The molecule has 0 aromatic rings. The molecule has 4 heteroatoms. The molecular weight excluding hydrogens is 254 g/mol. The van der Waals surface area contributed by atoms with Crippen molar-refractivity contribution < 1.29 is 14.6 Å². The van der Waals surface area contributed by atoms with Crippen molar-refractivity contribution in [3.05, 3.63) is 0 Å². The summed E-state index contributed by atoms with van der Waals surface area (Å²) in [6, 6.07) is 0. The second-order valence-corrected chi connectivity index (χ2v) is 6.60. The predicted molar refractivity (Wildman–Crippen MR) is 78.4 cm³/mol. The van der Waals surface area contributed by atoms with Crippen LogP contribution >= 0.6 is 0 Å². The van der Waals surface area contributed by atoms with Crippen LogP contribution in [0.4, 0.5) is 0 Å². The van der Waals surface area contributed by atoms with E-state index in [4.69, 9.17) is 4.74 Å². The first-order chi connectivity index (χ1) is 9.63. The van der Waals surface area contributed by atoms with Gasteiger partial charge in [-0.2, -0.15) is 0 Å². The van der Waals surface area contributed by atoms with E-state index >= 15 is 0 Å². The average Bonchev–Trinajstić information content (AvgIpc) is 2.90. The summed E-state index contributed by atoms with van der Waals surface area (Å²) >= 11 is 0. The Bertz CT molecular complexity index is 305. The van der Waals surface area contributed by atoms with Crippen molar-refractivity contribution in [1.29, 1.82) is 0 Å². The van der Waals surface area contributed by atoms with Gasteiger partial charge in [0.05, 0.1) is 6.61 Å². The molecule has 0 aromatic heterocycles. The normalized spacial score (nSPS) is 34.1. The van der Waals surface area contributed by atoms with Crippen LogP contribution in [0, 0.1) is 11.8 Å². The molecule has 116 valence electrons. The SMILES string of the molecule is CCCCC1CCC(C(=O)NCC2(O)CCOC2)CC1. The lowest BCUT2D eigenvalue weighted by molar-refractivity contribution is -0.127. The summed E-state index contributed by atoms with van der Waals surface area (Å²) in [7, 11) is 0. The fourth-order valence-corrected chi connectivity index (χ4v) is 3.34. The van der Waals surface area contributed by atoms with E-state index in [-0.39, 0.29) is 11.8 Å². The molecular formula is C16H29NO3. The lowest BCUT2D eigenvalue weighted by atomic mass is 9.79. The summed E-state index contributed by atoms with van der Waals surface area (Å²) in [4.78, 5) is 12.2. The summed E-state index contributed by atoms with van der Waals surface area (Å²) in [6.45, 7) is 3.50. The van der Waals surface area contributed by atoms with Gasteiger partial charge in [0.2, 0.25) is 5.91 Å². The molecule has 1 saturated heterocycles. The highest BCUT2D eigenvalue weighted by Crippen LogP contribution is 2.32. The molecule has 4 nitrogen and oxygen atoms in total. The van der Waals surface area contributed by atoms with Gasteiger partial charge in [-0.3, -0.25) is 4.79 Å². The van der Waals surface area contributed by atoms with Crippen LogP contribution in [0.25, 0.3) is 0 Å². The maximum absolute atomic E-state index is 12.2. The molecule has 1 aliphatic carbocycles. The smallest absolute Gasteiger partial charge is 0.223 e. The van der Waals surface area contributed by atoms with Crippen molar-refractivity contribution in [3.8, 4) is 0 Å². The molecule has 2 fully saturated rings. The third-order valence-electron chi connectivity index (χ3n) is 4.86. The second-order valence-electron chi connectivity index (χ2n) is 6.60. The Hall–Kier alpha value is -0.610. The number of ether oxygens (including phenoxy) is 1. The minimum Gasteiger partial charge on any atom is -0.386 e. The number of hydrogen-bond acceptors (Lipinski definition) is 3. The molecule has 0 spiro atoms. The Labute approximate surface area is 122 Å². The molecule has 2 rings (SSSR count). The molecule has 1 aliphatic heterocycles. The summed E-state index contributed by atoms with van der Waals surface area (Å²) in [5, 5.41) is 13.1. The summed E-state index contributed by atoms with van der Waals surface area (Å²) < 4.78 is 5.19. The van der Waals surface area contributed by atoms with Crippen molar-refractivity contribution in [1.82, 2.24) is 5.32 Å². The van der Waals surface area contributed by atoms with Gasteiger partial charge < -0.3 is 15.2 Å². The largest absolute Gasteiger partial charge is 0.386 e. The van der Waals surface area contributed by atoms with Gasteiger partial charge in [-0.05, 0) is 31.6 Å². The van der Waals surface area contributed by atoms with Crippen LogP contribution in [-0.2, 0) is 9.53 Å². The molecule has 1 atom stereocenters. The molecule has 0 bridgehead atoms.